The van der Waals surface area contributed by atoms with Crippen LogP contribution in [0.2, 0.25) is 0 Å². The molecule has 0 aliphatic heterocycles. The lowest BCUT2D eigenvalue weighted by atomic mass is 10.1. The van der Waals surface area contributed by atoms with Gasteiger partial charge in [-0.2, -0.15) is 5.10 Å². The summed E-state index contributed by atoms with van der Waals surface area (Å²) in [5.74, 6) is -0.0487. The molecule has 0 aromatic carbocycles. The molecule has 1 N–H and O–H groups in total. The van der Waals surface area contributed by atoms with Crippen LogP contribution in [0.15, 0.2) is 23.2 Å². The van der Waals surface area contributed by atoms with Gasteiger partial charge < -0.3 is 9.88 Å². The molecule has 0 aliphatic rings. The SMILES string of the molecule is Cc1nn(CC(C)C(=O)NCCCn2ccnc2)c(C)c1Br. The highest BCUT2D eigenvalue weighted by atomic mass is 79.9. The van der Waals surface area contributed by atoms with Crippen LogP contribution in [0.25, 0.3) is 0 Å². The summed E-state index contributed by atoms with van der Waals surface area (Å²) in [6, 6.07) is 0. The minimum Gasteiger partial charge on any atom is -0.356 e. The van der Waals surface area contributed by atoms with Crippen molar-refractivity contribution in [3.05, 3.63) is 34.6 Å². The third kappa shape index (κ3) is 4.19. The number of nitrogens with zero attached hydrogens (tertiary/aromatic N) is 4. The van der Waals surface area contributed by atoms with Gasteiger partial charge in [-0.1, -0.05) is 6.92 Å². The molecule has 2 heterocycles. The molecular weight excluding hydrogens is 346 g/mol. The van der Waals surface area contributed by atoms with E-state index in [0.29, 0.717) is 13.1 Å². The lowest BCUT2D eigenvalue weighted by Crippen LogP contribution is -2.33. The Morgan fingerprint density at radius 3 is 2.82 bits per heavy atom. The Labute approximate surface area is 139 Å². The van der Waals surface area contributed by atoms with E-state index in [1.807, 2.05) is 36.2 Å². The van der Waals surface area contributed by atoms with Crippen molar-refractivity contribution >= 4 is 21.8 Å². The zero-order chi connectivity index (χ0) is 16.1. The van der Waals surface area contributed by atoms with Crippen molar-refractivity contribution in [3.63, 3.8) is 0 Å². The van der Waals surface area contributed by atoms with Crippen LogP contribution in [-0.4, -0.2) is 31.8 Å². The van der Waals surface area contributed by atoms with Crippen molar-refractivity contribution in [1.29, 1.82) is 0 Å². The number of nitrogens with one attached hydrogen (secondary N) is 1. The summed E-state index contributed by atoms with van der Waals surface area (Å²) in [5.41, 5.74) is 2.00. The Hall–Kier alpha value is -1.63. The van der Waals surface area contributed by atoms with Gasteiger partial charge in [0.15, 0.2) is 0 Å². The van der Waals surface area contributed by atoms with Crippen molar-refractivity contribution in [2.24, 2.45) is 5.92 Å². The van der Waals surface area contributed by atoms with Crippen LogP contribution >= 0.6 is 15.9 Å². The van der Waals surface area contributed by atoms with Crippen LogP contribution in [0.3, 0.4) is 0 Å². The van der Waals surface area contributed by atoms with Gasteiger partial charge in [0.25, 0.3) is 0 Å². The van der Waals surface area contributed by atoms with Gasteiger partial charge in [-0.05, 0) is 36.2 Å². The minimum atomic E-state index is -0.113. The molecule has 6 nitrogen and oxygen atoms in total. The number of aromatic nitrogens is 4. The fourth-order valence-corrected chi connectivity index (χ4v) is 2.55. The van der Waals surface area contributed by atoms with E-state index in [-0.39, 0.29) is 11.8 Å². The van der Waals surface area contributed by atoms with Crippen molar-refractivity contribution in [3.8, 4) is 0 Å². The highest BCUT2D eigenvalue weighted by Gasteiger charge is 2.16. The van der Waals surface area contributed by atoms with E-state index in [2.05, 4.69) is 31.3 Å². The highest BCUT2D eigenvalue weighted by molar-refractivity contribution is 9.10. The second-order valence-corrected chi connectivity index (χ2v) is 6.31. The zero-order valence-electron chi connectivity index (χ0n) is 13.2. The molecule has 0 saturated carbocycles. The fourth-order valence-electron chi connectivity index (χ4n) is 2.26. The Balaban J connectivity index is 1.75. The molecule has 2 aromatic heterocycles. The Morgan fingerprint density at radius 1 is 1.45 bits per heavy atom. The maximum absolute atomic E-state index is 12.1. The number of hydrogen-bond donors (Lipinski definition) is 1. The monoisotopic (exact) mass is 367 g/mol. The normalized spacial score (nSPS) is 12.4. The van der Waals surface area contributed by atoms with E-state index in [4.69, 9.17) is 0 Å². The summed E-state index contributed by atoms with van der Waals surface area (Å²) in [4.78, 5) is 16.1. The van der Waals surface area contributed by atoms with E-state index in [1.54, 1.807) is 12.5 Å². The van der Waals surface area contributed by atoms with Crippen molar-refractivity contribution in [2.75, 3.05) is 6.54 Å². The maximum Gasteiger partial charge on any atom is 0.224 e. The van der Waals surface area contributed by atoms with E-state index in [1.165, 1.54) is 0 Å². The van der Waals surface area contributed by atoms with Crippen LogP contribution in [-0.2, 0) is 17.9 Å². The van der Waals surface area contributed by atoms with Crippen LogP contribution in [0.4, 0.5) is 0 Å². The molecule has 22 heavy (non-hydrogen) atoms. The second kappa shape index (κ2) is 7.58. The number of carbonyl (C=O) groups excluding carboxylic acids is 1. The molecule has 120 valence electrons. The predicted molar refractivity (Wildman–Crippen MR) is 88.4 cm³/mol. The predicted octanol–water partition coefficient (Wildman–Crippen LogP) is 2.30. The van der Waals surface area contributed by atoms with E-state index in [9.17, 15) is 4.79 Å². The third-order valence-electron chi connectivity index (χ3n) is 3.64. The average Bonchev–Trinajstić information content (AvgIpc) is 3.09. The van der Waals surface area contributed by atoms with Crippen LogP contribution in [0, 0.1) is 19.8 Å². The van der Waals surface area contributed by atoms with Gasteiger partial charge in [0, 0.05) is 31.2 Å². The van der Waals surface area contributed by atoms with E-state index in [0.717, 1.165) is 28.8 Å². The smallest absolute Gasteiger partial charge is 0.224 e. The quantitative estimate of drug-likeness (QED) is 0.763. The van der Waals surface area contributed by atoms with Crippen molar-refractivity contribution in [2.45, 2.75) is 40.3 Å². The molecule has 1 amide bonds. The summed E-state index contributed by atoms with van der Waals surface area (Å²) in [6.45, 7) is 8.00. The van der Waals surface area contributed by atoms with Crippen LogP contribution < -0.4 is 5.32 Å². The van der Waals surface area contributed by atoms with Gasteiger partial charge in [-0.25, -0.2) is 4.98 Å². The second-order valence-electron chi connectivity index (χ2n) is 5.51. The number of rotatable bonds is 7. The summed E-state index contributed by atoms with van der Waals surface area (Å²) in [6.07, 6.45) is 6.35. The molecule has 0 radical (unpaired) electrons. The van der Waals surface area contributed by atoms with Crippen molar-refractivity contribution < 1.29 is 4.79 Å². The molecule has 0 aliphatic carbocycles. The average molecular weight is 368 g/mol. The van der Waals surface area contributed by atoms with Crippen molar-refractivity contribution in [1.82, 2.24) is 24.6 Å². The summed E-state index contributed by atoms with van der Waals surface area (Å²) >= 11 is 3.51. The van der Waals surface area contributed by atoms with Crippen LogP contribution in [0.1, 0.15) is 24.7 Å². The topological polar surface area (TPSA) is 64.7 Å². The number of imidazole rings is 1. The summed E-state index contributed by atoms with van der Waals surface area (Å²) < 4.78 is 4.90. The molecule has 0 fully saturated rings. The van der Waals surface area contributed by atoms with Gasteiger partial charge in [-0.15, -0.1) is 0 Å². The number of aryl methyl sites for hydroxylation is 2. The molecule has 2 rings (SSSR count). The lowest BCUT2D eigenvalue weighted by molar-refractivity contribution is -0.124. The van der Waals surface area contributed by atoms with Gasteiger partial charge >= 0.3 is 0 Å². The first-order valence-electron chi connectivity index (χ1n) is 7.42. The molecule has 1 unspecified atom stereocenters. The molecule has 0 spiro atoms. The molecule has 7 heteroatoms. The Morgan fingerprint density at radius 2 is 2.23 bits per heavy atom. The maximum atomic E-state index is 12.1. The first kappa shape index (κ1) is 16.7. The Bertz CT molecular complexity index is 620. The molecular formula is C15H22BrN5O. The lowest BCUT2D eigenvalue weighted by Gasteiger charge is -2.13. The summed E-state index contributed by atoms with van der Waals surface area (Å²) in [7, 11) is 0. The molecule has 1 atom stereocenters. The molecule has 0 bridgehead atoms. The minimum absolute atomic E-state index is 0.0642. The highest BCUT2D eigenvalue weighted by Crippen LogP contribution is 2.20. The van der Waals surface area contributed by atoms with Gasteiger partial charge in [0.05, 0.1) is 29.0 Å². The van der Waals surface area contributed by atoms with Gasteiger partial charge in [0.1, 0.15) is 0 Å². The fraction of sp³-hybridized carbons (Fsp3) is 0.533. The first-order valence-corrected chi connectivity index (χ1v) is 8.21. The third-order valence-corrected chi connectivity index (χ3v) is 4.79. The number of hydrogen-bond acceptors (Lipinski definition) is 3. The molecule has 0 saturated heterocycles. The Kier molecular flexibility index (Phi) is 5.76. The number of halogens is 1. The zero-order valence-corrected chi connectivity index (χ0v) is 14.8. The molecule has 2 aromatic rings. The van der Waals surface area contributed by atoms with E-state index < -0.39 is 0 Å². The standard InChI is InChI=1S/C15H22BrN5O/c1-11(9-21-13(3)14(16)12(2)19-21)15(22)18-5-4-7-20-8-6-17-10-20/h6,8,10-11H,4-5,7,9H2,1-3H3,(H,18,22). The van der Waals surface area contributed by atoms with Gasteiger partial charge in [-0.3, -0.25) is 9.48 Å². The number of amides is 1. The van der Waals surface area contributed by atoms with Gasteiger partial charge in [0.2, 0.25) is 5.91 Å². The summed E-state index contributed by atoms with van der Waals surface area (Å²) in [5, 5.41) is 7.42. The van der Waals surface area contributed by atoms with Crippen LogP contribution in [0.5, 0.6) is 0 Å². The largest absolute Gasteiger partial charge is 0.356 e. The number of carbonyl (C=O) groups is 1. The van der Waals surface area contributed by atoms with E-state index >= 15 is 0 Å². The first-order chi connectivity index (χ1) is 10.5.